The molecule has 3 heterocycles. The van der Waals surface area contributed by atoms with Crippen LogP contribution in [0.25, 0.3) is 22.0 Å². The molecule has 0 atom stereocenters. The second kappa shape index (κ2) is 6.63. The zero-order chi connectivity index (χ0) is 18.2. The Balaban J connectivity index is 1.30. The first-order valence-electron chi connectivity index (χ1n) is 9.13. The van der Waals surface area contributed by atoms with Crippen LogP contribution >= 0.6 is 0 Å². The summed E-state index contributed by atoms with van der Waals surface area (Å²) >= 11 is 0. The highest BCUT2D eigenvalue weighted by Crippen LogP contribution is 2.24. The van der Waals surface area contributed by atoms with Gasteiger partial charge < -0.3 is 9.32 Å². The van der Waals surface area contributed by atoms with Gasteiger partial charge >= 0.3 is 0 Å². The third-order valence-corrected chi connectivity index (χ3v) is 5.12. The highest BCUT2D eigenvalue weighted by atomic mass is 19.1. The van der Waals surface area contributed by atoms with E-state index in [0.29, 0.717) is 11.4 Å². The highest BCUT2D eigenvalue weighted by molar-refractivity contribution is 5.82. The summed E-state index contributed by atoms with van der Waals surface area (Å²) in [4.78, 5) is 13.5. The Morgan fingerprint density at radius 3 is 2.67 bits per heavy atom. The molecule has 136 valence electrons. The van der Waals surface area contributed by atoms with Crippen molar-refractivity contribution in [1.29, 1.82) is 0 Å². The number of hydrogen-bond donors (Lipinski definition) is 0. The van der Waals surface area contributed by atoms with Crippen LogP contribution in [-0.4, -0.2) is 41.0 Å². The van der Waals surface area contributed by atoms with Crippen molar-refractivity contribution in [3.63, 3.8) is 0 Å². The maximum absolute atomic E-state index is 14.0. The third-order valence-electron chi connectivity index (χ3n) is 5.12. The van der Waals surface area contributed by atoms with Crippen LogP contribution in [0.15, 0.2) is 59.1 Å². The average molecular weight is 362 g/mol. The standard InChI is InChI=1S/C21H19FN4O/c22-17-8-7-15(20-16(17)4-3-9-23-20)14-25-10-12-26(13-11-25)21-24-18-5-1-2-6-19(18)27-21/h1-9H,10-14H2. The van der Waals surface area contributed by atoms with Crippen molar-refractivity contribution in [2.75, 3.05) is 31.1 Å². The van der Waals surface area contributed by atoms with E-state index in [4.69, 9.17) is 4.42 Å². The maximum atomic E-state index is 14.0. The number of fused-ring (bicyclic) bond motifs is 2. The number of para-hydroxylation sites is 2. The van der Waals surface area contributed by atoms with Gasteiger partial charge in [0, 0.05) is 44.3 Å². The Bertz CT molecular complexity index is 1070. The van der Waals surface area contributed by atoms with Gasteiger partial charge in [-0.1, -0.05) is 18.2 Å². The summed E-state index contributed by atoms with van der Waals surface area (Å²) in [5.41, 5.74) is 3.51. The van der Waals surface area contributed by atoms with Gasteiger partial charge in [-0.2, -0.15) is 4.98 Å². The highest BCUT2D eigenvalue weighted by Gasteiger charge is 2.22. The van der Waals surface area contributed by atoms with Crippen LogP contribution in [0.5, 0.6) is 0 Å². The van der Waals surface area contributed by atoms with Crippen LogP contribution < -0.4 is 4.90 Å². The maximum Gasteiger partial charge on any atom is 0.298 e. The Morgan fingerprint density at radius 1 is 0.963 bits per heavy atom. The number of hydrogen-bond acceptors (Lipinski definition) is 5. The summed E-state index contributed by atoms with van der Waals surface area (Å²) in [5.74, 6) is -0.220. The second-order valence-corrected chi connectivity index (χ2v) is 6.83. The lowest BCUT2D eigenvalue weighted by Crippen LogP contribution is -2.46. The molecular weight excluding hydrogens is 343 g/mol. The molecule has 0 spiro atoms. The van der Waals surface area contributed by atoms with Crippen molar-refractivity contribution in [3.8, 4) is 0 Å². The average Bonchev–Trinajstić information content (AvgIpc) is 3.15. The topological polar surface area (TPSA) is 45.4 Å². The van der Waals surface area contributed by atoms with Gasteiger partial charge in [0.25, 0.3) is 6.01 Å². The van der Waals surface area contributed by atoms with Gasteiger partial charge in [0.2, 0.25) is 0 Å². The summed E-state index contributed by atoms with van der Waals surface area (Å²) in [6, 6.07) is 15.4. The third kappa shape index (κ3) is 3.02. The molecule has 0 saturated carbocycles. The molecule has 0 N–H and O–H groups in total. The van der Waals surface area contributed by atoms with Gasteiger partial charge in [-0.25, -0.2) is 4.39 Å². The van der Waals surface area contributed by atoms with Crippen molar-refractivity contribution < 1.29 is 8.81 Å². The van der Waals surface area contributed by atoms with E-state index in [-0.39, 0.29) is 5.82 Å². The molecule has 0 bridgehead atoms. The summed E-state index contributed by atoms with van der Waals surface area (Å²) in [6.45, 7) is 4.24. The minimum atomic E-state index is -0.220. The molecule has 2 aromatic heterocycles. The minimum Gasteiger partial charge on any atom is -0.423 e. The van der Waals surface area contributed by atoms with E-state index < -0.39 is 0 Å². The molecule has 0 amide bonds. The first-order chi connectivity index (χ1) is 13.3. The quantitative estimate of drug-likeness (QED) is 0.554. The van der Waals surface area contributed by atoms with Gasteiger partial charge in [-0.15, -0.1) is 0 Å². The molecule has 27 heavy (non-hydrogen) atoms. The fourth-order valence-corrected chi connectivity index (χ4v) is 3.66. The van der Waals surface area contributed by atoms with E-state index in [1.54, 1.807) is 18.3 Å². The lowest BCUT2D eigenvalue weighted by molar-refractivity contribution is 0.246. The fraction of sp³-hybridized carbons (Fsp3) is 0.238. The molecule has 2 aromatic carbocycles. The number of nitrogens with zero attached hydrogens (tertiary/aromatic N) is 4. The van der Waals surface area contributed by atoms with Crippen LogP contribution in [-0.2, 0) is 6.54 Å². The predicted molar refractivity (Wildman–Crippen MR) is 103 cm³/mol. The van der Waals surface area contributed by atoms with E-state index in [9.17, 15) is 4.39 Å². The number of rotatable bonds is 3. The van der Waals surface area contributed by atoms with E-state index in [0.717, 1.165) is 54.9 Å². The molecule has 0 radical (unpaired) electrons. The van der Waals surface area contributed by atoms with E-state index in [1.807, 2.05) is 30.3 Å². The SMILES string of the molecule is Fc1ccc(CN2CCN(c3nc4ccccc4o3)CC2)c2ncccc12. The van der Waals surface area contributed by atoms with Crippen molar-refractivity contribution in [1.82, 2.24) is 14.9 Å². The number of aromatic nitrogens is 2. The minimum absolute atomic E-state index is 0.220. The van der Waals surface area contributed by atoms with Crippen molar-refractivity contribution >= 4 is 28.0 Å². The van der Waals surface area contributed by atoms with Crippen LogP contribution in [0.1, 0.15) is 5.56 Å². The molecule has 5 nitrogen and oxygen atoms in total. The van der Waals surface area contributed by atoms with Gasteiger partial charge in [0.05, 0.1) is 5.52 Å². The van der Waals surface area contributed by atoms with Gasteiger partial charge in [-0.3, -0.25) is 9.88 Å². The van der Waals surface area contributed by atoms with Crippen molar-refractivity contribution in [2.45, 2.75) is 6.54 Å². The van der Waals surface area contributed by atoms with E-state index >= 15 is 0 Å². The number of piperazine rings is 1. The van der Waals surface area contributed by atoms with Crippen LogP contribution in [0.3, 0.4) is 0 Å². The monoisotopic (exact) mass is 362 g/mol. The normalized spacial score (nSPS) is 15.7. The number of anilines is 1. The van der Waals surface area contributed by atoms with Gasteiger partial charge in [0.15, 0.2) is 5.58 Å². The van der Waals surface area contributed by atoms with Crippen LogP contribution in [0.4, 0.5) is 10.4 Å². The van der Waals surface area contributed by atoms with Crippen LogP contribution in [0.2, 0.25) is 0 Å². The molecule has 0 unspecified atom stereocenters. The molecule has 6 heteroatoms. The molecule has 1 aliphatic rings. The fourth-order valence-electron chi connectivity index (χ4n) is 3.66. The molecule has 1 aliphatic heterocycles. The molecule has 4 aromatic rings. The Kier molecular flexibility index (Phi) is 3.98. The summed E-state index contributed by atoms with van der Waals surface area (Å²) in [7, 11) is 0. The zero-order valence-electron chi connectivity index (χ0n) is 14.8. The first-order valence-corrected chi connectivity index (χ1v) is 9.13. The van der Waals surface area contributed by atoms with Crippen molar-refractivity contribution in [3.05, 3.63) is 66.1 Å². The molecule has 5 rings (SSSR count). The molecule has 1 fully saturated rings. The van der Waals surface area contributed by atoms with Gasteiger partial charge in [0.1, 0.15) is 11.3 Å². The smallest absolute Gasteiger partial charge is 0.298 e. The second-order valence-electron chi connectivity index (χ2n) is 6.83. The number of pyridine rings is 1. The summed E-state index contributed by atoms with van der Waals surface area (Å²) < 4.78 is 19.9. The van der Waals surface area contributed by atoms with Crippen LogP contribution in [0, 0.1) is 5.82 Å². The Morgan fingerprint density at radius 2 is 1.81 bits per heavy atom. The number of benzene rings is 2. The molecule has 0 aliphatic carbocycles. The lowest BCUT2D eigenvalue weighted by atomic mass is 10.1. The van der Waals surface area contributed by atoms with Gasteiger partial charge in [-0.05, 0) is 35.9 Å². The summed E-state index contributed by atoms with van der Waals surface area (Å²) in [5, 5.41) is 0.583. The number of oxazole rings is 1. The Hall–Kier alpha value is -2.99. The van der Waals surface area contributed by atoms with E-state index in [2.05, 4.69) is 19.8 Å². The van der Waals surface area contributed by atoms with E-state index in [1.165, 1.54) is 6.07 Å². The first kappa shape index (κ1) is 16.2. The summed E-state index contributed by atoms with van der Waals surface area (Å²) in [6.07, 6.45) is 1.72. The van der Waals surface area contributed by atoms with Crippen molar-refractivity contribution in [2.24, 2.45) is 0 Å². The molecular formula is C21H19FN4O. The predicted octanol–water partition coefficient (Wildman–Crippen LogP) is 3.84. The largest absolute Gasteiger partial charge is 0.423 e. The lowest BCUT2D eigenvalue weighted by Gasteiger charge is -2.33. The molecule has 1 saturated heterocycles. The number of halogens is 1. The Labute approximate surface area is 156 Å². The zero-order valence-corrected chi connectivity index (χ0v) is 14.8.